The number of rotatable bonds is 5. The first-order valence-electron chi connectivity index (χ1n) is 10.2. The standard InChI is InChI=1S/C22H27N5O2/c1-25-11-13-26(14-12-25)21-18(6-3-9-23-21)16-24-22(29)17-5-2-7-19(15-17)27-10-4-8-20(27)28/h2-3,5-7,9,15H,4,8,10-14,16H2,1H3,(H,24,29). The van der Waals surface area contributed by atoms with Gasteiger partial charge in [0.05, 0.1) is 0 Å². The summed E-state index contributed by atoms with van der Waals surface area (Å²) in [6, 6.07) is 11.2. The Morgan fingerprint density at radius 3 is 2.69 bits per heavy atom. The fourth-order valence-electron chi connectivity index (χ4n) is 3.88. The number of piperazine rings is 1. The van der Waals surface area contributed by atoms with Crippen LogP contribution < -0.4 is 15.1 Å². The lowest BCUT2D eigenvalue weighted by Gasteiger charge is -2.34. The Labute approximate surface area is 171 Å². The van der Waals surface area contributed by atoms with Crippen LogP contribution in [-0.4, -0.2) is 61.5 Å². The lowest BCUT2D eigenvalue weighted by Crippen LogP contribution is -2.45. The molecule has 0 radical (unpaired) electrons. The van der Waals surface area contributed by atoms with Gasteiger partial charge in [-0.25, -0.2) is 4.98 Å². The molecule has 0 aliphatic carbocycles. The highest BCUT2D eigenvalue weighted by molar-refractivity contribution is 5.99. The molecule has 1 N–H and O–H groups in total. The Hall–Kier alpha value is -2.93. The van der Waals surface area contributed by atoms with Crippen LogP contribution in [0.4, 0.5) is 11.5 Å². The smallest absolute Gasteiger partial charge is 0.251 e. The SMILES string of the molecule is CN1CCN(c2ncccc2CNC(=O)c2cccc(N3CCCC3=O)c2)CC1. The molecule has 7 nitrogen and oxygen atoms in total. The van der Waals surface area contributed by atoms with Gasteiger partial charge in [0.2, 0.25) is 5.91 Å². The van der Waals surface area contributed by atoms with Crippen molar-refractivity contribution < 1.29 is 9.59 Å². The number of nitrogens with zero attached hydrogens (tertiary/aromatic N) is 4. The predicted octanol–water partition coefficient (Wildman–Crippen LogP) is 1.89. The zero-order valence-electron chi connectivity index (χ0n) is 16.8. The molecule has 152 valence electrons. The van der Waals surface area contributed by atoms with Crippen LogP contribution in [0.1, 0.15) is 28.8 Å². The highest BCUT2D eigenvalue weighted by atomic mass is 16.2. The van der Waals surface area contributed by atoms with E-state index in [0.29, 0.717) is 25.1 Å². The minimum absolute atomic E-state index is 0.120. The van der Waals surface area contributed by atoms with Crippen LogP contribution in [-0.2, 0) is 11.3 Å². The van der Waals surface area contributed by atoms with Crippen molar-refractivity contribution in [2.45, 2.75) is 19.4 Å². The summed E-state index contributed by atoms with van der Waals surface area (Å²) < 4.78 is 0. The molecule has 4 rings (SSSR count). The molecule has 3 heterocycles. The first-order valence-corrected chi connectivity index (χ1v) is 10.2. The third-order valence-corrected chi connectivity index (χ3v) is 5.60. The molecule has 2 amide bonds. The van der Waals surface area contributed by atoms with Gasteiger partial charge < -0.3 is 20.0 Å². The second-order valence-electron chi connectivity index (χ2n) is 7.66. The molecule has 2 aliphatic rings. The summed E-state index contributed by atoms with van der Waals surface area (Å²) in [4.78, 5) is 35.6. The number of carbonyl (C=O) groups is 2. The number of hydrogen-bond acceptors (Lipinski definition) is 5. The number of amides is 2. The molecule has 0 saturated carbocycles. The maximum Gasteiger partial charge on any atom is 0.251 e. The first-order chi connectivity index (χ1) is 14.1. The van der Waals surface area contributed by atoms with Crippen molar-refractivity contribution in [1.82, 2.24) is 15.2 Å². The number of benzene rings is 1. The quantitative estimate of drug-likeness (QED) is 0.840. The van der Waals surface area contributed by atoms with Gasteiger partial charge in [0.15, 0.2) is 0 Å². The molecule has 2 fully saturated rings. The van der Waals surface area contributed by atoms with Crippen LogP contribution in [0.15, 0.2) is 42.6 Å². The summed E-state index contributed by atoms with van der Waals surface area (Å²) in [6.07, 6.45) is 3.24. The maximum atomic E-state index is 12.7. The van der Waals surface area contributed by atoms with Gasteiger partial charge >= 0.3 is 0 Å². The van der Waals surface area contributed by atoms with Crippen LogP contribution >= 0.6 is 0 Å². The second kappa shape index (κ2) is 8.61. The minimum Gasteiger partial charge on any atom is -0.354 e. The molecule has 0 bridgehead atoms. The third-order valence-electron chi connectivity index (χ3n) is 5.60. The zero-order valence-corrected chi connectivity index (χ0v) is 16.8. The zero-order chi connectivity index (χ0) is 20.2. The Kier molecular flexibility index (Phi) is 5.76. The van der Waals surface area contributed by atoms with Crippen molar-refractivity contribution in [2.75, 3.05) is 49.6 Å². The molecular formula is C22H27N5O2. The monoisotopic (exact) mass is 393 g/mol. The molecule has 2 saturated heterocycles. The van der Waals surface area contributed by atoms with Crippen molar-refractivity contribution in [3.05, 3.63) is 53.7 Å². The summed E-state index contributed by atoms with van der Waals surface area (Å²) in [6.45, 7) is 5.00. The van der Waals surface area contributed by atoms with Crippen molar-refractivity contribution in [3.8, 4) is 0 Å². The molecule has 1 aromatic carbocycles. The van der Waals surface area contributed by atoms with Crippen molar-refractivity contribution in [2.24, 2.45) is 0 Å². The Bertz CT molecular complexity index is 892. The van der Waals surface area contributed by atoms with E-state index in [0.717, 1.165) is 49.7 Å². The second-order valence-corrected chi connectivity index (χ2v) is 7.66. The van der Waals surface area contributed by atoms with E-state index in [-0.39, 0.29) is 11.8 Å². The lowest BCUT2D eigenvalue weighted by molar-refractivity contribution is -0.117. The number of anilines is 2. The van der Waals surface area contributed by atoms with Gasteiger partial charge in [-0.1, -0.05) is 12.1 Å². The molecule has 29 heavy (non-hydrogen) atoms. The van der Waals surface area contributed by atoms with E-state index in [4.69, 9.17) is 0 Å². The number of nitrogens with one attached hydrogen (secondary N) is 1. The molecular weight excluding hydrogens is 366 g/mol. The number of carbonyl (C=O) groups excluding carboxylic acids is 2. The van der Waals surface area contributed by atoms with E-state index in [1.165, 1.54) is 0 Å². The van der Waals surface area contributed by atoms with E-state index >= 15 is 0 Å². The van der Waals surface area contributed by atoms with E-state index < -0.39 is 0 Å². The van der Waals surface area contributed by atoms with Gasteiger partial charge in [-0.15, -0.1) is 0 Å². The van der Waals surface area contributed by atoms with E-state index in [1.807, 2.05) is 24.3 Å². The summed E-state index contributed by atoms with van der Waals surface area (Å²) in [5, 5.41) is 3.01. The van der Waals surface area contributed by atoms with E-state index in [1.54, 1.807) is 23.2 Å². The summed E-state index contributed by atoms with van der Waals surface area (Å²) in [7, 11) is 2.13. The summed E-state index contributed by atoms with van der Waals surface area (Å²) in [5.41, 5.74) is 2.36. The van der Waals surface area contributed by atoms with Crippen LogP contribution in [0.5, 0.6) is 0 Å². The van der Waals surface area contributed by atoms with Gasteiger partial charge in [0, 0.05) is 68.7 Å². The third kappa shape index (κ3) is 4.40. The highest BCUT2D eigenvalue weighted by Crippen LogP contribution is 2.23. The molecule has 2 aromatic rings. The molecule has 2 aliphatic heterocycles. The van der Waals surface area contributed by atoms with Crippen molar-refractivity contribution in [1.29, 1.82) is 0 Å². The average Bonchev–Trinajstić information content (AvgIpc) is 3.19. The highest BCUT2D eigenvalue weighted by Gasteiger charge is 2.22. The molecule has 1 aromatic heterocycles. The fraction of sp³-hybridized carbons (Fsp3) is 0.409. The normalized spacial score (nSPS) is 17.6. The summed E-state index contributed by atoms with van der Waals surface area (Å²) >= 11 is 0. The topological polar surface area (TPSA) is 68.8 Å². The first kappa shape index (κ1) is 19.4. The average molecular weight is 393 g/mol. The van der Waals surface area contributed by atoms with Gasteiger partial charge in [0.25, 0.3) is 5.91 Å². The number of aromatic nitrogens is 1. The number of pyridine rings is 1. The fourth-order valence-corrected chi connectivity index (χ4v) is 3.88. The molecule has 0 atom stereocenters. The van der Waals surface area contributed by atoms with E-state index in [9.17, 15) is 9.59 Å². The van der Waals surface area contributed by atoms with Gasteiger partial charge in [-0.05, 0) is 37.7 Å². The Morgan fingerprint density at radius 1 is 1.10 bits per heavy atom. The van der Waals surface area contributed by atoms with Crippen LogP contribution in [0, 0.1) is 0 Å². The molecule has 0 spiro atoms. The van der Waals surface area contributed by atoms with Crippen LogP contribution in [0.3, 0.4) is 0 Å². The number of likely N-dealkylation sites (N-methyl/N-ethyl adjacent to an activating group) is 1. The summed E-state index contributed by atoms with van der Waals surface area (Å²) in [5.74, 6) is 0.915. The van der Waals surface area contributed by atoms with E-state index in [2.05, 4.69) is 27.1 Å². The Balaban J connectivity index is 1.43. The minimum atomic E-state index is -0.147. The van der Waals surface area contributed by atoms with Gasteiger partial charge in [0.1, 0.15) is 5.82 Å². The van der Waals surface area contributed by atoms with Crippen molar-refractivity contribution >= 4 is 23.3 Å². The Morgan fingerprint density at radius 2 is 1.93 bits per heavy atom. The maximum absolute atomic E-state index is 12.7. The van der Waals surface area contributed by atoms with Gasteiger partial charge in [-0.2, -0.15) is 0 Å². The molecule has 0 unspecified atom stereocenters. The van der Waals surface area contributed by atoms with Gasteiger partial charge in [-0.3, -0.25) is 9.59 Å². The largest absolute Gasteiger partial charge is 0.354 e. The molecule has 7 heteroatoms. The number of hydrogen-bond donors (Lipinski definition) is 1. The predicted molar refractivity (Wildman–Crippen MR) is 113 cm³/mol. The lowest BCUT2D eigenvalue weighted by atomic mass is 10.1. The van der Waals surface area contributed by atoms with Crippen LogP contribution in [0.2, 0.25) is 0 Å². The van der Waals surface area contributed by atoms with Crippen LogP contribution in [0.25, 0.3) is 0 Å². The van der Waals surface area contributed by atoms with Crippen molar-refractivity contribution in [3.63, 3.8) is 0 Å².